The number of nitrogens with one attached hydrogen (secondary N) is 3. The van der Waals surface area contributed by atoms with Crippen LogP contribution in [0.5, 0.6) is 23.0 Å². The Balaban J connectivity index is 0.000000169. The Labute approximate surface area is 318 Å². The van der Waals surface area contributed by atoms with Crippen LogP contribution in [0.2, 0.25) is 0 Å². The molecule has 2 aliphatic rings. The topological polar surface area (TPSA) is 187 Å². The predicted octanol–water partition coefficient (Wildman–Crippen LogP) is 9.07. The summed E-state index contributed by atoms with van der Waals surface area (Å²) in [5.41, 5.74) is 3.03. The Hall–Kier alpha value is -6.18. The number of benzene rings is 2. The first-order chi connectivity index (χ1) is 26.9. The molecular weight excluding hydrogens is 702 g/mol. The fourth-order valence-electron chi connectivity index (χ4n) is 6.92. The molecule has 6 aromatic rings. The number of anilines is 2. The van der Waals surface area contributed by atoms with Crippen molar-refractivity contribution in [3.8, 4) is 23.0 Å². The van der Waals surface area contributed by atoms with Crippen LogP contribution in [0.4, 0.5) is 12.0 Å². The van der Waals surface area contributed by atoms with Crippen molar-refractivity contribution in [1.82, 2.24) is 25.3 Å². The lowest BCUT2D eigenvalue weighted by atomic mass is 9.89. The van der Waals surface area contributed by atoms with E-state index in [1.807, 2.05) is 18.2 Å². The first-order valence-corrected chi connectivity index (χ1v) is 18.9. The number of hydrogen-bond acceptors (Lipinski definition) is 12. The summed E-state index contributed by atoms with van der Waals surface area (Å²) < 4.78 is 23.2. The number of amides is 1. The average molecular weight is 748 g/mol. The molecule has 0 aliphatic heterocycles. The normalized spacial score (nSPS) is 14.9. The number of fused-ring (bicyclic) bond motifs is 2. The number of ether oxygens (including phenoxy) is 2. The maximum Gasteiger partial charge on any atom is 0.354 e. The van der Waals surface area contributed by atoms with E-state index in [9.17, 15) is 9.59 Å². The molecule has 1 amide bonds. The second-order valence-corrected chi connectivity index (χ2v) is 13.9. The summed E-state index contributed by atoms with van der Waals surface area (Å²) in [6.45, 7) is 1.78. The molecular formula is C41H45N7O7. The van der Waals surface area contributed by atoms with Crippen LogP contribution < -0.4 is 25.4 Å². The minimum absolute atomic E-state index is 0.0672. The molecule has 4 N–H and O–H groups in total. The van der Waals surface area contributed by atoms with Gasteiger partial charge >= 0.3 is 5.97 Å². The van der Waals surface area contributed by atoms with E-state index in [0.29, 0.717) is 63.7 Å². The number of carbonyl (C=O) groups is 2. The Morgan fingerprint density at radius 2 is 1.11 bits per heavy atom. The zero-order chi connectivity index (χ0) is 38.0. The van der Waals surface area contributed by atoms with Crippen molar-refractivity contribution < 1.29 is 33.0 Å². The van der Waals surface area contributed by atoms with Gasteiger partial charge in [-0.05, 0) is 73.9 Å². The zero-order valence-corrected chi connectivity index (χ0v) is 30.8. The van der Waals surface area contributed by atoms with Crippen LogP contribution >= 0.6 is 0 Å². The van der Waals surface area contributed by atoms with Gasteiger partial charge in [0.05, 0.1) is 0 Å². The third kappa shape index (κ3) is 10.1. The van der Waals surface area contributed by atoms with Gasteiger partial charge in [-0.1, -0.05) is 38.5 Å². The highest BCUT2D eigenvalue weighted by Crippen LogP contribution is 2.31. The van der Waals surface area contributed by atoms with E-state index in [1.54, 1.807) is 49.6 Å². The van der Waals surface area contributed by atoms with Gasteiger partial charge in [-0.2, -0.15) is 9.97 Å². The number of carbonyl (C=O) groups excluding carboxylic acids is 1. The molecule has 2 aromatic carbocycles. The van der Waals surface area contributed by atoms with Crippen molar-refractivity contribution in [1.29, 1.82) is 0 Å². The van der Waals surface area contributed by atoms with Gasteiger partial charge in [-0.25, -0.2) is 9.78 Å². The SMILES string of the molecule is CNC(=O)c1cc(Oc2ccc3nc(NCC4CCCCC4)oc3c2)ccn1.O=C(O)c1cc(Oc2ccc3nc(NCC4CCCCC4)oc3c2)ccn1. The highest BCUT2D eigenvalue weighted by atomic mass is 16.5. The van der Waals surface area contributed by atoms with E-state index in [-0.39, 0.29) is 11.6 Å². The standard InChI is InChI=1S/C21H24N4O3.C20H21N3O4/c1-22-20(26)18-11-16(9-10-23-18)27-15-7-8-17-19(12-15)28-21(25-17)24-13-14-5-3-2-4-6-14;24-19(25)17-10-15(8-9-21-17)26-14-6-7-16-18(11-14)27-20(23-16)22-12-13-4-2-1-3-5-13/h7-12,14H,2-6,13H2,1H3,(H,22,26)(H,24,25);6-11,13H,1-5,12H2,(H,22,23)(H,24,25). The average Bonchev–Trinajstić information content (AvgIpc) is 3.83. The Morgan fingerprint density at radius 1 is 0.655 bits per heavy atom. The van der Waals surface area contributed by atoms with Gasteiger partial charge in [0.25, 0.3) is 17.9 Å². The number of pyridine rings is 2. The lowest BCUT2D eigenvalue weighted by Crippen LogP contribution is -2.18. The molecule has 14 heteroatoms. The molecule has 0 saturated heterocycles. The first kappa shape index (κ1) is 37.1. The summed E-state index contributed by atoms with van der Waals surface area (Å²) in [4.78, 5) is 39.5. The number of aromatic nitrogens is 4. The van der Waals surface area contributed by atoms with Crippen LogP contribution in [-0.4, -0.2) is 57.1 Å². The Morgan fingerprint density at radius 3 is 1.58 bits per heavy atom. The van der Waals surface area contributed by atoms with Crippen molar-refractivity contribution in [2.75, 3.05) is 30.8 Å². The van der Waals surface area contributed by atoms with Crippen LogP contribution in [0.1, 0.15) is 85.2 Å². The maximum atomic E-state index is 11.7. The number of carboxylic acid groups (broad SMARTS) is 1. The van der Waals surface area contributed by atoms with E-state index >= 15 is 0 Å². The van der Waals surface area contributed by atoms with Crippen molar-refractivity contribution in [2.45, 2.75) is 64.2 Å². The summed E-state index contributed by atoms with van der Waals surface area (Å²) in [6.07, 6.45) is 15.9. The van der Waals surface area contributed by atoms with E-state index in [0.717, 1.165) is 24.1 Å². The molecule has 0 unspecified atom stereocenters. The molecule has 2 aliphatic carbocycles. The summed E-state index contributed by atoms with van der Waals surface area (Å²) in [5, 5.41) is 18.2. The Bertz CT molecular complexity index is 2220. The van der Waals surface area contributed by atoms with Gasteiger partial charge in [-0.15, -0.1) is 0 Å². The lowest BCUT2D eigenvalue weighted by Gasteiger charge is -2.21. The number of aromatic carboxylic acids is 1. The van der Waals surface area contributed by atoms with E-state index in [1.165, 1.54) is 76.5 Å². The zero-order valence-electron chi connectivity index (χ0n) is 30.8. The summed E-state index contributed by atoms with van der Waals surface area (Å²) in [6, 6.07) is 18.2. The molecule has 2 saturated carbocycles. The minimum Gasteiger partial charge on any atom is -0.477 e. The molecule has 4 aromatic heterocycles. The van der Waals surface area contributed by atoms with Gasteiger partial charge < -0.3 is 39.4 Å². The van der Waals surface area contributed by atoms with Crippen LogP contribution in [0.3, 0.4) is 0 Å². The van der Waals surface area contributed by atoms with Crippen molar-refractivity contribution >= 4 is 46.1 Å². The number of carboxylic acids is 1. The van der Waals surface area contributed by atoms with Crippen LogP contribution in [0, 0.1) is 11.8 Å². The highest BCUT2D eigenvalue weighted by Gasteiger charge is 2.17. The quantitative estimate of drug-likeness (QED) is 0.0929. The molecule has 55 heavy (non-hydrogen) atoms. The summed E-state index contributed by atoms with van der Waals surface area (Å²) in [5.74, 6) is 2.10. The summed E-state index contributed by atoms with van der Waals surface area (Å²) in [7, 11) is 1.56. The fourth-order valence-corrected chi connectivity index (χ4v) is 6.92. The second-order valence-electron chi connectivity index (χ2n) is 13.9. The van der Waals surface area contributed by atoms with Crippen LogP contribution in [-0.2, 0) is 0 Å². The van der Waals surface area contributed by atoms with E-state index in [4.69, 9.17) is 23.4 Å². The molecule has 0 bridgehead atoms. The highest BCUT2D eigenvalue weighted by molar-refractivity contribution is 5.92. The van der Waals surface area contributed by atoms with Gasteiger partial charge in [0, 0.05) is 56.8 Å². The predicted molar refractivity (Wildman–Crippen MR) is 207 cm³/mol. The number of nitrogens with zero attached hydrogens (tertiary/aromatic N) is 4. The van der Waals surface area contributed by atoms with Gasteiger partial charge in [0.2, 0.25) is 0 Å². The van der Waals surface area contributed by atoms with Crippen molar-refractivity contribution in [3.63, 3.8) is 0 Å². The first-order valence-electron chi connectivity index (χ1n) is 18.9. The van der Waals surface area contributed by atoms with Crippen molar-refractivity contribution in [3.05, 3.63) is 84.4 Å². The van der Waals surface area contributed by atoms with Gasteiger partial charge in [-0.3, -0.25) is 9.78 Å². The van der Waals surface area contributed by atoms with E-state index < -0.39 is 5.97 Å². The molecule has 0 atom stereocenters. The third-order valence-corrected chi connectivity index (χ3v) is 9.87. The molecule has 0 spiro atoms. The van der Waals surface area contributed by atoms with Gasteiger partial charge in [0.15, 0.2) is 16.9 Å². The molecule has 14 nitrogen and oxygen atoms in total. The van der Waals surface area contributed by atoms with Gasteiger partial charge in [0.1, 0.15) is 39.7 Å². The summed E-state index contributed by atoms with van der Waals surface area (Å²) >= 11 is 0. The van der Waals surface area contributed by atoms with Crippen LogP contribution in [0.25, 0.3) is 22.2 Å². The number of oxazole rings is 2. The van der Waals surface area contributed by atoms with E-state index in [2.05, 4.69) is 35.9 Å². The lowest BCUT2D eigenvalue weighted by molar-refractivity contribution is 0.0689. The second kappa shape index (κ2) is 17.8. The van der Waals surface area contributed by atoms with Crippen LogP contribution in [0.15, 0.2) is 81.9 Å². The largest absolute Gasteiger partial charge is 0.477 e. The molecule has 2 fully saturated rings. The third-order valence-electron chi connectivity index (χ3n) is 9.87. The smallest absolute Gasteiger partial charge is 0.354 e. The number of hydrogen-bond donors (Lipinski definition) is 4. The number of rotatable bonds is 12. The monoisotopic (exact) mass is 747 g/mol. The molecule has 0 radical (unpaired) electrons. The maximum absolute atomic E-state index is 11.7. The molecule has 8 rings (SSSR count). The molecule has 4 heterocycles. The Kier molecular flexibility index (Phi) is 12.0. The van der Waals surface area contributed by atoms with Crippen molar-refractivity contribution in [2.24, 2.45) is 11.8 Å². The minimum atomic E-state index is -1.10. The molecule has 286 valence electrons. The fraction of sp³-hybridized carbons (Fsp3) is 0.366.